The normalized spacial score (nSPS) is 13.2. The molecule has 0 aliphatic carbocycles. The summed E-state index contributed by atoms with van der Waals surface area (Å²) >= 11 is 6.13. The Morgan fingerprint density at radius 2 is 2.00 bits per heavy atom. The third kappa shape index (κ3) is 2.83. The van der Waals surface area contributed by atoms with Crippen LogP contribution in [0.15, 0.2) is 12.5 Å². The molecular formula is C13H20ClN3OSi. The van der Waals surface area contributed by atoms with E-state index in [4.69, 9.17) is 16.0 Å². The van der Waals surface area contributed by atoms with Crippen molar-refractivity contribution in [2.75, 3.05) is 0 Å². The second-order valence-electron chi connectivity index (χ2n) is 6.25. The number of hydrogen-bond donors (Lipinski definition) is 1. The summed E-state index contributed by atoms with van der Waals surface area (Å²) in [5, 5.41) is 1.53. The zero-order chi connectivity index (χ0) is 14.3. The minimum atomic E-state index is -1.76. The van der Waals surface area contributed by atoms with Crippen molar-refractivity contribution in [3.05, 3.63) is 23.2 Å². The molecule has 6 heteroatoms. The molecule has 0 bridgehead atoms. The molecular weight excluding hydrogens is 278 g/mol. The largest absolute Gasteiger partial charge is 0.412 e. The number of nitrogens with zero attached hydrogens (tertiary/aromatic N) is 2. The van der Waals surface area contributed by atoms with Crippen molar-refractivity contribution in [1.29, 1.82) is 0 Å². The minimum Gasteiger partial charge on any atom is -0.412 e. The highest BCUT2D eigenvalue weighted by Crippen LogP contribution is 2.37. The molecule has 0 aromatic carbocycles. The van der Waals surface area contributed by atoms with Crippen LogP contribution >= 0.6 is 11.6 Å². The van der Waals surface area contributed by atoms with Crippen molar-refractivity contribution < 1.29 is 4.43 Å². The highest BCUT2D eigenvalue weighted by Gasteiger charge is 2.37. The highest BCUT2D eigenvalue weighted by molar-refractivity contribution is 6.74. The second kappa shape index (κ2) is 4.88. The maximum Gasteiger partial charge on any atom is 0.192 e. The van der Waals surface area contributed by atoms with Crippen LogP contribution in [0.1, 0.15) is 26.3 Å². The molecule has 4 nitrogen and oxygen atoms in total. The zero-order valence-corrected chi connectivity index (χ0v) is 13.8. The summed E-state index contributed by atoms with van der Waals surface area (Å²) in [6.07, 6.45) is 3.36. The van der Waals surface area contributed by atoms with Gasteiger partial charge >= 0.3 is 0 Å². The third-order valence-corrected chi connectivity index (χ3v) is 8.66. The van der Waals surface area contributed by atoms with Crippen LogP contribution in [0.2, 0.25) is 23.3 Å². The molecule has 0 atom stereocenters. The predicted octanol–water partition coefficient (Wildman–Crippen LogP) is 4.13. The average Bonchev–Trinajstić information content (AvgIpc) is 2.69. The Labute approximate surface area is 119 Å². The molecule has 0 saturated heterocycles. The van der Waals surface area contributed by atoms with Crippen LogP contribution in [0.25, 0.3) is 11.0 Å². The number of aromatic nitrogens is 3. The van der Waals surface area contributed by atoms with E-state index in [1.807, 2.05) is 6.20 Å². The first-order valence-corrected chi connectivity index (χ1v) is 9.61. The lowest BCUT2D eigenvalue weighted by molar-refractivity contribution is 0.277. The number of H-pyrrole nitrogens is 1. The van der Waals surface area contributed by atoms with E-state index in [-0.39, 0.29) is 5.04 Å². The third-order valence-electron chi connectivity index (χ3n) is 3.90. The molecule has 2 aromatic heterocycles. The fourth-order valence-corrected chi connectivity index (χ4v) is 2.78. The van der Waals surface area contributed by atoms with Gasteiger partial charge < -0.3 is 9.41 Å². The maximum absolute atomic E-state index is 6.21. The number of nitrogens with one attached hydrogen (secondary N) is 1. The number of hydrogen-bond acceptors (Lipinski definition) is 3. The van der Waals surface area contributed by atoms with Crippen LogP contribution in [-0.2, 0) is 11.0 Å². The van der Waals surface area contributed by atoms with Gasteiger partial charge in [0.05, 0.1) is 12.0 Å². The van der Waals surface area contributed by atoms with Gasteiger partial charge in [-0.3, -0.25) is 0 Å². The number of fused-ring (bicyclic) bond motifs is 1. The Morgan fingerprint density at radius 3 is 2.63 bits per heavy atom. The minimum absolute atomic E-state index is 0.194. The van der Waals surface area contributed by atoms with E-state index in [9.17, 15) is 0 Å². The quantitative estimate of drug-likeness (QED) is 0.684. The van der Waals surface area contributed by atoms with Crippen molar-refractivity contribution >= 4 is 31.0 Å². The summed E-state index contributed by atoms with van der Waals surface area (Å²) in [7, 11) is -1.76. The SMILES string of the molecule is CC(C)(C)[Si](C)(C)OCc1c[nH]c2ncnc(Cl)c12. The Hall–Kier alpha value is -0.913. The van der Waals surface area contributed by atoms with E-state index in [1.54, 1.807) is 0 Å². The van der Waals surface area contributed by atoms with Crippen LogP contribution in [0.3, 0.4) is 0 Å². The van der Waals surface area contributed by atoms with Crippen LogP contribution in [0, 0.1) is 0 Å². The van der Waals surface area contributed by atoms with Crippen molar-refractivity contribution in [3.8, 4) is 0 Å². The molecule has 1 N–H and O–H groups in total. The first kappa shape index (κ1) is 14.5. The summed E-state index contributed by atoms with van der Waals surface area (Å²) in [6, 6.07) is 0. The van der Waals surface area contributed by atoms with E-state index in [1.165, 1.54) is 6.33 Å². The molecule has 2 heterocycles. The number of rotatable bonds is 3. The lowest BCUT2D eigenvalue weighted by Gasteiger charge is -2.36. The van der Waals surface area contributed by atoms with Gasteiger partial charge in [-0.25, -0.2) is 9.97 Å². The van der Waals surface area contributed by atoms with Gasteiger partial charge in [-0.1, -0.05) is 32.4 Å². The van der Waals surface area contributed by atoms with Gasteiger partial charge in [0.2, 0.25) is 0 Å². The fourth-order valence-electron chi connectivity index (χ4n) is 1.57. The highest BCUT2D eigenvalue weighted by atomic mass is 35.5. The van der Waals surface area contributed by atoms with Gasteiger partial charge in [-0.05, 0) is 18.1 Å². The molecule has 0 radical (unpaired) electrons. The molecule has 0 unspecified atom stereocenters. The summed E-state index contributed by atoms with van der Waals surface area (Å²) in [5.74, 6) is 0. The Bertz CT molecular complexity index is 589. The van der Waals surface area contributed by atoms with E-state index >= 15 is 0 Å². The molecule has 0 spiro atoms. The monoisotopic (exact) mass is 297 g/mol. The van der Waals surface area contributed by atoms with Crippen LogP contribution in [0.5, 0.6) is 0 Å². The van der Waals surface area contributed by atoms with Crippen molar-refractivity contribution in [2.45, 2.75) is 45.5 Å². The molecule has 0 fully saturated rings. The molecule has 0 aliphatic rings. The lowest BCUT2D eigenvalue weighted by Crippen LogP contribution is -2.40. The van der Waals surface area contributed by atoms with E-state index in [2.05, 4.69) is 48.8 Å². The molecule has 104 valence electrons. The smallest absolute Gasteiger partial charge is 0.192 e. The van der Waals surface area contributed by atoms with Crippen LogP contribution in [-0.4, -0.2) is 23.3 Å². The lowest BCUT2D eigenvalue weighted by atomic mass is 10.2. The van der Waals surface area contributed by atoms with Gasteiger partial charge in [-0.15, -0.1) is 0 Å². The average molecular weight is 298 g/mol. The maximum atomic E-state index is 6.21. The van der Waals surface area contributed by atoms with E-state index in [0.29, 0.717) is 11.8 Å². The molecule has 2 rings (SSSR count). The van der Waals surface area contributed by atoms with Gasteiger partial charge in [0.25, 0.3) is 0 Å². The number of aromatic amines is 1. The van der Waals surface area contributed by atoms with Crippen molar-refractivity contribution in [3.63, 3.8) is 0 Å². The zero-order valence-electron chi connectivity index (χ0n) is 12.0. The van der Waals surface area contributed by atoms with Gasteiger partial charge in [-0.2, -0.15) is 0 Å². The summed E-state index contributed by atoms with van der Waals surface area (Å²) in [5.41, 5.74) is 1.78. The predicted molar refractivity (Wildman–Crippen MR) is 80.9 cm³/mol. The molecule has 2 aromatic rings. The van der Waals surface area contributed by atoms with E-state index in [0.717, 1.165) is 16.6 Å². The van der Waals surface area contributed by atoms with Crippen molar-refractivity contribution in [2.24, 2.45) is 0 Å². The van der Waals surface area contributed by atoms with Crippen LogP contribution in [0.4, 0.5) is 0 Å². The van der Waals surface area contributed by atoms with E-state index < -0.39 is 8.32 Å². The standard InChI is InChI=1S/C13H20ClN3OSi/c1-13(2,3)19(4,5)18-7-9-6-15-12-10(9)11(14)16-8-17-12/h6,8H,7H2,1-5H3,(H,15,16,17). The number of halogens is 1. The summed E-state index contributed by atoms with van der Waals surface area (Å²) < 4.78 is 6.21. The van der Waals surface area contributed by atoms with Gasteiger partial charge in [0.1, 0.15) is 17.1 Å². The summed E-state index contributed by atoms with van der Waals surface area (Å²) in [4.78, 5) is 11.3. The first-order chi connectivity index (χ1) is 8.72. The Kier molecular flexibility index (Phi) is 3.73. The van der Waals surface area contributed by atoms with Crippen LogP contribution < -0.4 is 0 Å². The Balaban J connectivity index is 2.24. The Morgan fingerprint density at radius 1 is 1.32 bits per heavy atom. The fraction of sp³-hybridized carbons (Fsp3) is 0.538. The molecule has 0 aliphatic heterocycles. The molecule has 19 heavy (non-hydrogen) atoms. The first-order valence-electron chi connectivity index (χ1n) is 6.33. The van der Waals surface area contributed by atoms with Gasteiger partial charge in [0.15, 0.2) is 8.32 Å². The summed E-state index contributed by atoms with van der Waals surface area (Å²) in [6.45, 7) is 11.7. The second-order valence-corrected chi connectivity index (χ2v) is 11.4. The molecule has 0 amide bonds. The topological polar surface area (TPSA) is 50.8 Å². The van der Waals surface area contributed by atoms with Gasteiger partial charge in [0, 0.05) is 11.8 Å². The molecule has 0 saturated carbocycles. The van der Waals surface area contributed by atoms with Crippen molar-refractivity contribution in [1.82, 2.24) is 15.0 Å².